The zero-order chi connectivity index (χ0) is 12.3. The Balaban J connectivity index is 2.32. The van der Waals surface area contributed by atoms with Crippen LogP contribution >= 0.6 is 38.6 Å². The summed E-state index contributed by atoms with van der Waals surface area (Å²) in [6, 6.07) is 2.14. The minimum Gasteiger partial charge on any atom is -0.315 e. The highest BCUT2D eigenvalue weighted by atomic mass is 79.9. The second-order valence-corrected chi connectivity index (χ2v) is 6.71. The predicted molar refractivity (Wildman–Crippen MR) is 79.9 cm³/mol. The highest BCUT2D eigenvalue weighted by Gasteiger charge is 2.12. The molecule has 0 aliphatic carbocycles. The van der Waals surface area contributed by atoms with Crippen LogP contribution in [0.5, 0.6) is 0 Å². The number of thiazole rings is 1. The lowest BCUT2D eigenvalue weighted by Gasteiger charge is -1.98. The lowest BCUT2D eigenvalue weighted by molar-refractivity contribution is 0.798. The van der Waals surface area contributed by atoms with Gasteiger partial charge in [-0.25, -0.2) is 4.98 Å². The van der Waals surface area contributed by atoms with Crippen molar-refractivity contribution in [2.45, 2.75) is 26.3 Å². The van der Waals surface area contributed by atoms with E-state index in [4.69, 9.17) is 4.98 Å². The van der Waals surface area contributed by atoms with Gasteiger partial charge in [-0.15, -0.1) is 22.7 Å². The fourth-order valence-corrected chi connectivity index (χ4v) is 4.25. The first-order valence-corrected chi connectivity index (χ1v) is 8.11. The van der Waals surface area contributed by atoms with E-state index in [9.17, 15) is 0 Å². The van der Waals surface area contributed by atoms with Gasteiger partial charge in [0.15, 0.2) is 0 Å². The van der Waals surface area contributed by atoms with Crippen molar-refractivity contribution in [1.82, 2.24) is 10.3 Å². The minimum atomic E-state index is 0.916. The highest BCUT2D eigenvalue weighted by molar-refractivity contribution is 9.10. The Bertz CT molecular complexity index is 467. The van der Waals surface area contributed by atoms with E-state index in [1.165, 1.54) is 15.4 Å². The quantitative estimate of drug-likeness (QED) is 0.883. The second kappa shape index (κ2) is 6.09. The van der Waals surface area contributed by atoms with Gasteiger partial charge < -0.3 is 5.32 Å². The average Bonchev–Trinajstić information content (AvgIpc) is 2.87. The summed E-state index contributed by atoms with van der Waals surface area (Å²) in [4.78, 5) is 7.39. The van der Waals surface area contributed by atoms with Crippen LogP contribution in [0.25, 0.3) is 9.88 Å². The molecular weight excluding hydrogens is 316 g/mol. The van der Waals surface area contributed by atoms with Gasteiger partial charge in [0.2, 0.25) is 0 Å². The average molecular weight is 331 g/mol. The third-order valence-corrected chi connectivity index (χ3v) is 5.34. The van der Waals surface area contributed by atoms with Gasteiger partial charge in [0.25, 0.3) is 0 Å². The van der Waals surface area contributed by atoms with E-state index in [0.29, 0.717) is 0 Å². The maximum absolute atomic E-state index is 4.77. The Kier molecular flexibility index (Phi) is 4.73. The maximum Gasteiger partial charge on any atom is 0.133 e. The molecule has 0 unspecified atom stereocenters. The monoisotopic (exact) mass is 330 g/mol. The van der Waals surface area contributed by atoms with Gasteiger partial charge in [-0.2, -0.15) is 0 Å². The number of hydrogen-bond acceptors (Lipinski definition) is 4. The molecule has 92 valence electrons. The van der Waals surface area contributed by atoms with Crippen molar-refractivity contribution in [3.05, 3.63) is 26.5 Å². The minimum absolute atomic E-state index is 0.916. The molecule has 2 aromatic heterocycles. The summed E-state index contributed by atoms with van der Waals surface area (Å²) >= 11 is 7.04. The fourth-order valence-electron chi connectivity index (χ4n) is 1.64. The SMILES string of the molecule is CCCc1nc(-c2cc(Br)cs2)sc1CNC. The first-order valence-electron chi connectivity index (χ1n) is 5.62. The van der Waals surface area contributed by atoms with Crippen LogP contribution < -0.4 is 5.32 Å². The lowest BCUT2D eigenvalue weighted by atomic mass is 10.2. The van der Waals surface area contributed by atoms with Crippen molar-refractivity contribution in [2.75, 3.05) is 7.05 Å². The largest absolute Gasteiger partial charge is 0.315 e. The van der Waals surface area contributed by atoms with Gasteiger partial charge in [-0.05, 0) is 35.5 Å². The highest BCUT2D eigenvalue weighted by Crippen LogP contribution is 2.34. The molecule has 2 nitrogen and oxygen atoms in total. The van der Waals surface area contributed by atoms with Gasteiger partial charge in [0.1, 0.15) is 5.01 Å². The molecule has 1 N–H and O–H groups in total. The Hall–Kier alpha value is -0.230. The maximum atomic E-state index is 4.77. The number of thiophene rings is 1. The smallest absolute Gasteiger partial charge is 0.133 e. The molecule has 0 radical (unpaired) electrons. The van der Waals surface area contributed by atoms with Gasteiger partial charge >= 0.3 is 0 Å². The molecule has 0 fully saturated rings. The Morgan fingerprint density at radius 3 is 2.88 bits per heavy atom. The summed E-state index contributed by atoms with van der Waals surface area (Å²) in [5.41, 5.74) is 1.26. The molecule has 0 aliphatic rings. The first kappa shape index (κ1) is 13.2. The molecule has 0 atom stereocenters. The summed E-state index contributed by atoms with van der Waals surface area (Å²) in [7, 11) is 1.98. The van der Waals surface area contributed by atoms with Crippen molar-refractivity contribution in [1.29, 1.82) is 0 Å². The molecule has 0 saturated heterocycles. The molecular formula is C12H15BrN2S2. The van der Waals surface area contributed by atoms with Crippen LogP contribution in [0.3, 0.4) is 0 Å². The predicted octanol–water partition coefficient (Wildman–Crippen LogP) is 4.31. The summed E-state index contributed by atoms with van der Waals surface area (Å²) in [6.07, 6.45) is 2.22. The number of aromatic nitrogens is 1. The molecule has 2 aromatic rings. The van der Waals surface area contributed by atoms with Crippen LogP contribution in [-0.4, -0.2) is 12.0 Å². The van der Waals surface area contributed by atoms with E-state index in [-0.39, 0.29) is 0 Å². The van der Waals surface area contributed by atoms with Crippen molar-refractivity contribution < 1.29 is 0 Å². The van der Waals surface area contributed by atoms with Gasteiger partial charge in [-0.1, -0.05) is 13.3 Å². The van der Waals surface area contributed by atoms with E-state index in [0.717, 1.165) is 28.9 Å². The van der Waals surface area contributed by atoms with Crippen molar-refractivity contribution in [3.63, 3.8) is 0 Å². The molecule has 0 aliphatic heterocycles. The summed E-state index contributed by atoms with van der Waals surface area (Å²) in [6.45, 7) is 3.11. The molecule has 0 bridgehead atoms. The standard InChI is InChI=1S/C12H15BrN2S2/c1-3-4-9-11(6-14-2)17-12(15-9)10-5-8(13)7-16-10/h5,7,14H,3-4,6H2,1-2H3. The van der Waals surface area contributed by atoms with Crippen LogP contribution in [0, 0.1) is 0 Å². The van der Waals surface area contributed by atoms with Crippen LogP contribution in [-0.2, 0) is 13.0 Å². The lowest BCUT2D eigenvalue weighted by Crippen LogP contribution is -2.05. The fraction of sp³-hybridized carbons (Fsp3) is 0.417. The number of halogens is 1. The Labute approximate surface area is 118 Å². The normalized spacial score (nSPS) is 11.0. The number of nitrogens with zero attached hydrogens (tertiary/aromatic N) is 1. The van der Waals surface area contributed by atoms with E-state index < -0.39 is 0 Å². The van der Waals surface area contributed by atoms with Crippen LogP contribution in [0.1, 0.15) is 23.9 Å². The van der Waals surface area contributed by atoms with Crippen molar-refractivity contribution >= 4 is 38.6 Å². The summed E-state index contributed by atoms with van der Waals surface area (Å²) in [5.74, 6) is 0. The molecule has 0 aromatic carbocycles. The van der Waals surface area contributed by atoms with Crippen LogP contribution in [0.15, 0.2) is 15.9 Å². The zero-order valence-corrected chi connectivity index (χ0v) is 13.1. The van der Waals surface area contributed by atoms with E-state index in [2.05, 4.69) is 39.6 Å². The third-order valence-electron chi connectivity index (χ3n) is 2.38. The third kappa shape index (κ3) is 3.16. The van der Waals surface area contributed by atoms with Crippen LogP contribution in [0.2, 0.25) is 0 Å². The number of rotatable bonds is 5. The molecule has 2 rings (SSSR count). The molecule has 2 heterocycles. The second-order valence-electron chi connectivity index (χ2n) is 3.80. The molecule has 17 heavy (non-hydrogen) atoms. The van der Waals surface area contributed by atoms with Gasteiger partial charge in [-0.3, -0.25) is 0 Å². The molecule has 0 spiro atoms. The number of hydrogen-bond donors (Lipinski definition) is 1. The summed E-state index contributed by atoms with van der Waals surface area (Å²) < 4.78 is 1.14. The number of aryl methyl sites for hydroxylation is 1. The van der Waals surface area contributed by atoms with Gasteiger partial charge in [0.05, 0.1) is 10.6 Å². The Morgan fingerprint density at radius 1 is 1.47 bits per heavy atom. The van der Waals surface area contributed by atoms with E-state index in [1.54, 1.807) is 22.7 Å². The zero-order valence-electron chi connectivity index (χ0n) is 9.92. The van der Waals surface area contributed by atoms with Crippen molar-refractivity contribution in [2.24, 2.45) is 0 Å². The molecule has 0 saturated carbocycles. The molecule has 5 heteroatoms. The topological polar surface area (TPSA) is 24.9 Å². The van der Waals surface area contributed by atoms with Crippen LogP contribution in [0.4, 0.5) is 0 Å². The Morgan fingerprint density at radius 2 is 2.29 bits per heavy atom. The first-order chi connectivity index (χ1) is 8.24. The van der Waals surface area contributed by atoms with E-state index in [1.807, 2.05) is 7.05 Å². The van der Waals surface area contributed by atoms with Crippen molar-refractivity contribution in [3.8, 4) is 9.88 Å². The summed E-state index contributed by atoms with van der Waals surface area (Å²) in [5, 5.41) is 6.47. The van der Waals surface area contributed by atoms with Gasteiger partial charge in [0, 0.05) is 21.3 Å². The van der Waals surface area contributed by atoms with E-state index >= 15 is 0 Å². The number of nitrogens with one attached hydrogen (secondary N) is 1. The molecule has 0 amide bonds.